The van der Waals surface area contributed by atoms with E-state index in [9.17, 15) is 0 Å². The maximum atomic E-state index is 8.15. The standard InChI is InChI=1S/C5H11N2/c1-3-5(4-2)7-6/h5H,3-4H2,1-2H3/q+1. The molecule has 0 saturated heterocycles. The molecule has 0 spiro atoms. The van der Waals surface area contributed by atoms with Crippen molar-refractivity contribution >= 4 is 0 Å². The Morgan fingerprint density at radius 2 is 1.86 bits per heavy atom. The predicted octanol–water partition coefficient (Wildman–Crippen LogP) is 2.03. The van der Waals surface area contributed by atoms with Gasteiger partial charge < -0.3 is 0 Å². The summed E-state index contributed by atoms with van der Waals surface area (Å²) < 4.78 is 0. The van der Waals surface area contributed by atoms with Crippen LogP contribution in [0.5, 0.6) is 0 Å². The van der Waals surface area contributed by atoms with Gasteiger partial charge in [0.15, 0.2) is 0 Å². The average Bonchev–Trinajstić information content (AvgIpc) is 1.72. The van der Waals surface area contributed by atoms with Crippen molar-refractivity contribution in [1.82, 2.24) is 0 Å². The lowest BCUT2D eigenvalue weighted by Gasteiger charge is -1.82. The fourth-order valence-electron chi connectivity index (χ4n) is 0.452. The van der Waals surface area contributed by atoms with Gasteiger partial charge in [0.2, 0.25) is 5.39 Å². The lowest BCUT2D eigenvalue weighted by molar-refractivity contribution is 0.701. The Bertz CT molecular complexity index is 68.6. The molecule has 0 unspecified atom stereocenters. The van der Waals surface area contributed by atoms with E-state index in [0.29, 0.717) is 0 Å². The van der Waals surface area contributed by atoms with Crippen LogP contribution >= 0.6 is 0 Å². The molecule has 0 atom stereocenters. The molecule has 0 amide bonds. The second-order valence-corrected chi connectivity index (χ2v) is 1.59. The molecule has 0 rings (SSSR count). The van der Waals surface area contributed by atoms with Crippen LogP contribution in [0.4, 0.5) is 0 Å². The number of rotatable bonds is 2. The third-order valence-electron chi connectivity index (χ3n) is 1.11. The van der Waals surface area contributed by atoms with Crippen molar-refractivity contribution in [3.05, 3.63) is 4.98 Å². The Hall–Kier alpha value is -0.580. The second-order valence-electron chi connectivity index (χ2n) is 1.59. The van der Waals surface area contributed by atoms with Crippen LogP contribution in [0.2, 0.25) is 0 Å². The maximum absolute atomic E-state index is 8.15. The van der Waals surface area contributed by atoms with Gasteiger partial charge in [-0.25, -0.2) is 0 Å². The minimum absolute atomic E-state index is 0.167. The molecule has 0 aromatic rings. The van der Waals surface area contributed by atoms with Gasteiger partial charge in [-0.1, -0.05) is 13.8 Å². The molecule has 0 aromatic carbocycles. The number of hydrogen-bond acceptors (Lipinski definition) is 1. The van der Waals surface area contributed by atoms with Crippen LogP contribution in [0, 0.1) is 5.39 Å². The maximum Gasteiger partial charge on any atom is 0.313 e. The average molecular weight is 99.2 g/mol. The first-order chi connectivity index (χ1) is 3.35. The normalized spacial score (nSPS) is 8.86. The number of diazo groups is 1. The Labute approximate surface area is 44.2 Å². The largest absolute Gasteiger partial charge is 0.313 e. The Balaban J connectivity index is 3.23. The molecule has 0 bridgehead atoms. The first-order valence-corrected chi connectivity index (χ1v) is 2.69. The molecule has 2 heteroatoms. The Morgan fingerprint density at radius 3 is 1.86 bits per heavy atom. The van der Waals surface area contributed by atoms with Gasteiger partial charge in [-0.15, -0.1) is 0 Å². The van der Waals surface area contributed by atoms with Gasteiger partial charge >= 0.3 is 6.04 Å². The zero-order valence-corrected chi connectivity index (χ0v) is 4.89. The molecule has 2 nitrogen and oxygen atoms in total. The summed E-state index contributed by atoms with van der Waals surface area (Å²) in [5, 5.41) is 8.15. The second kappa shape index (κ2) is 3.60. The molecule has 0 aromatic heterocycles. The molecule has 0 aliphatic carbocycles. The van der Waals surface area contributed by atoms with E-state index in [2.05, 4.69) is 4.98 Å². The SMILES string of the molecule is CCC(CC)[N+]#N. The van der Waals surface area contributed by atoms with Crippen molar-refractivity contribution in [3.63, 3.8) is 0 Å². The summed E-state index contributed by atoms with van der Waals surface area (Å²) in [5.41, 5.74) is 0. The van der Waals surface area contributed by atoms with Crippen molar-refractivity contribution in [3.8, 4) is 0 Å². The summed E-state index contributed by atoms with van der Waals surface area (Å²) in [6, 6.07) is 0.167. The van der Waals surface area contributed by atoms with Crippen molar-refractivity contribution in [2.75, 3.05) is 0 Å². The first kappa shape index (κ1) is 6.42. The van der Waals surface area contributed by atoms with E-state index in [1.54, 1.807) is 0 Å². The zero-order chi connectivity index (χ0) is 5.70. The van der Waals surface area contributed by atoms with E-state index in [4.69, 9.17) is 5.39 Å². The van der Waals surface area contributed by atoms with E-state index >= 15 is 0 Å². The van der Waals surface area contributed by atoms with E-state index in [-0.39, 0.29) is 6.04 Å². The predicted molar refractivity (Wildman–Crippen MR) is 29.5 cm³/mol. The number of hydrogen-bond donors (Lipinski definition) is 0. The van der Waals surface area contributed by atoms with Crippen molar-refractivity contribution < 1.29 is 0 Å². The molecule has 0 aliphatic rings. The fraction of sp³-hybridized carbons (Fsp3) is 1.00. The van der Waals surface area contributed by atoms with Crippen molar-refractivity contribution in [2.45, 2.75) is 32.7 Å². The first-order valence-electron chi connectivity index (χ1n) is 2.69. The molecule has 0 heterocycles. The Morgan fingerprint density at radius 1 is 1.43 bits per heavy atom. The summed E-state index contributed by atoms with van der Waals surface area (Å²) in [6.45, 7) is 4.02. The summed E-state index contributed by atoms with van der Waals surface area (Å²) >= 11 is 0. The lowest BCUT2D eigenvalue weighted by atomic mass is 10.2. The highest BCUT2D eigenvalue weighted by molar-refractivity contribution is 4.70. The van der Waals surface area contributed by atoms with Gasteiger partial charge in [0.25, 0.3) is 0 Å². The molecule has 0 N–H and O–H groups in total. The van der Waals surface area contributed by atoms with Crippen LogP contribution in [0.15, 0.2) is 0 Å². The van der Waals surface area contributed by atoms with E-state index in [1.165, 1.54) is 0 Å². The van der Waals surface area contributed by atoms with Gasteiger partial charge in [0.05, 0.1) is 0 Å². The smallest absolute Gasteiger partial charge is 0.0576 e. The van der Waals surface area contributed by atoms with Crippen LogP contribution in [0.3, 0.4) is 0 Å². The quantitative estimate of drug-likeness (QED) is 0.487. The van der Waals surface area contributed by atoms with E-state index in [0.717, 1.165) is 12.8 Å². The highest BCUT2D eigenvalue weighted by atomic mass is 14.9. The van der Waals surface area contributed by atoms with Crippen LogP contribution in [0.25, 0.3) is 4.98 Å². The molecule has 0 radical (unpaired) electrons. The van der Waals surface area contributed by atoms with Crippen LogP contribution in [-0.4, -0.2) is 6.04 Å². The summed E-state index contributed by atoms with van der Waals surface area (Å²) in [7, 11) is 0. The molecular formula is C5H11N2+. The molecule has 0 aliphatic heterocycles. The molecule has 0 saturated carbocycles. The Kier molecular flexibility index (Phi) is 3.31. The highest BCUT2D eigenvalue weighted by Crippen LogP contribution is 1.99. The van der Waals surface area contributed by atoms with E-state index in [1.807, 2.05) is 13.8 Å². The number of nitrogens with zero attached hydrogens (tertiary/aromatic N) is 2. The van der Waals surface area contributed by atoms with Crippen LogP contribution < -0.4 is 0 Å². The van der Waals surface area contributed by atoms with Crippen molar-refractivity contribution in [2.24, 2.45) is 0 Å². The van der Waals surface area contributed by atoms with Crippen molar-refractivity contribution in [1.29, 1.82) is 5.39 Å². The summed E-state index contributed by atoms with van der Waals surface area (Å²) in [5.74, 6) is 0. The molecule has 7 heavy (non-hydrogen) atoms. The third-order valence-corrected chi connectivity index (χ3v) is 1.11. The summed E-state index contributed by atoms with van der Waals surface area (Å²) in [6.07, 6.45) is 1.88. The highest BCUT2D eigenvalue weighted by Gasteiger charge is 2.11. The van der Waals surface area contributed by atoms with Gasteiger partial charge in [-0.2, -0.15) is 0 Å². The molecule has 0 fully saturated rings. The van der Waals surface area contributed by atoms with Gasteiger partial charge in [0, 0.05) is 12.8 Å². The lowest BCUT2D eigenvalue weighted by Crippen LogP contribution is -1.94. The van der Waals surface area contributed by atoms with Crippen LogP contribution in [0.1, 0.15) is 26.7 Å². The van der Waals surface area contributed by atoms with Crippen LogP contribution in [-0.2, 0) is 0 Å². The third kappa shape index (κ3) is 2.16. The van der Waals surface area contributed by atoms with Gasteiger partial charge in [0.1, 0.15) is 4.98 Å². The topological polar surface area (TPSA) is 28.1 Å². The molecular weight excluding hydrogens is 88.1 g/mol. The van der Waals surface area contributed by atoms with E-state index < -0.39 is 0 Å². The van der Waals surface area contributed by atoms with Gasteiger partial charge in [-0.05, 0) is 0 Å². The zero-order valence-electron chi connectivity index (χ0n) is 4.89. The summed E-state index contributed by atoms with van der Waals surface area (Å²) in [4.78, 5) is 3.12. The minimum Gasteiger partial charge on any atom is -0.0576 e. The van der Waals surface area contributed by atoms with Gasteiger partial charge in [-0.3, -0.25) is 0 Å². The minimum atomic E-state index is 0.167. The monoisotopic (exact) mass is 99.1 g/mol. The fourth-order valence-corrected chi connectivity index (χ4v) is 0.452. The molecule has 40 valence electrons.